The molecule has 0 bridgehead atoms. The lowest BCUT2D eigenvalue weighted by atomic mass is 9.99. The third kappa shape index (κ3) is 53.5. The first kappa shape index (κ1) is 81.6. The van der Waals surface area contributed by atoms with Gasteiger partial charge in [-0.2, -0.15) is 0 Å². The Labute approximate surface area is 531 Å². The molecule has 1 saturated heterocycles. The zero-order chi connectivity index (χ0) is 62.1. The Morgan fingerprint density at radius 3 is 1.12 bits per heavy atom. The molecule has 0 aromatic carbocycles. The number of ether oxygens (including phenoxy) is 2. The van der Waals surface area contributed by atoms with Crippen molar-refractivity contribution in [3.05, 3.63) is 72.9 Å². The van der Waals surface area contributed by atoms with Gasteiger partial charge in [0.1, 0.15) is 24.4 Å². The first-order valence-corrected chi connectivity index (χ1v) is 37.2. The van der Waals surface area contributed by atoms with Crippen molar-refractivity contribution in [2.24, 2.45) is 0 Å². The van der Waals surface area contributed by atoms with E-state index in [1.165, 1.54) is 270 Å². The van der Waals surface area contributed by atoms with Gasteiger partial charge in [-0.15, -0.1) is 0 Å². The van der Waals surface area contributed by atoms with E-state index in [2.05, 4.69) is 79.9 Å². The number of hydrogen-bond acceptors (Lipinski definition) is 8. The number of aliphatic hydroxyl groups excluding tert-OH is 5. The van der Waals surface area contributed by atoms with Gasteiger partial charge < -0.3 is 40.3 Å². The van der Waals surface area contributed by atoms with Crippen LogP contribution in [0.15, 0.2) is 72.9 Å². The van der Waals surface area contributed by atoms with E-state index in [9.17, 15) is 30.3 Å². The van der Waals surface area contributed by atoms with Crippen LogP contribution in [0.3, 0.4) is 0 Å². The summed E-state index contributed by atoms with van der Waals surface area (Å²) in [7, 11) is 0. The molecular weight excluding hydrogens is 1070 g/mol. The van der Waals surface area contributed by atoms with Gasteiger partial charge in [-0.05, 0) is 70.6 Å². The fraction of sp³-hybridized carbons (Fsp3) is 0.831. The molecule has 1 amide bonds. The van der Waals surface area contributed by atoms with Gasteiger partial charge in [-0.25, -0.2) is 0 Å². The van der Waals surface area contributed by atoms with Crippen LogP contribution in [0, 0.1) is 0 Å². The van der Waals surface area contributed by atoms with Gasteiger partial charge in [0.05, 0.1) is 25.4 Å². The van der Waals surface area contributed by atoms with Crippen molar-refractivity contribution in [3.63, 3.8) is 0 Å². The van der Waals surface area contributed by atoms with Crippen molar-refractivity contribution in [1.82, 2.24) is 5.32 Å². The molecule has 1 rings (SSSR count). The van der Waals surface area contributed by atoms with E-state index in [1.807, 2.05) is 6.08 Å². The second-order valence-electron chi connectivity index (χ2n) is 25.7. The summed E-state index contributed by atoms with van der Waals surface area (Å²) in [4.78, 5) is 13.1. The Kier molecular flexibility index (Phi) is 62.3. The minimum atomic E-state index is -1.57. The van der Waals surface area contributed by atoms with Crippen molar-refractivity contribution < 1.29 is 39.8 Å². The largest absolute Gasteiger partial charge is 0.394 e. The molecule has 1 heterocycles. The van der Waals surface area contributed by atoms with Crippen LogP contribution in [0.2, 0.25) is 0 Å². The van der Waals surface area contributed by atoms with E-state index in [0.717, 1.165) is 64.2 Å². The summed E-state index contributed by atoms with van der Waals surface area (Å²) in [5, 5.41) is 54.8. The molecule has 9 nitrogen and oxygen atoms in total. The number of allylic oxidation sites excluding steroid dienone is 11. The molecule has 0 aromatic rings. The van der Waals surface area contributed by atoms with Crippen LogP contribution in [0.25, 0.3) is 0 Å². The second-order valence-corrected chi connectivity index (χ2v) is 25.7. The monoisotopic (exact) mass is 1210 g/mol. The highest BCUT2D eigenvalue weighted by molar-refractivity contribution is 5.76. The molecule has 9 heteroatoms. The SMILES string of the molecule is CC/C=C\C/C=C\C/C=C\C/C=C\CCCCCCCCCCCCCCCCCCCCCCC(=O)NC(COC1OC(CO)C(O)C(O)C1O)C(O)/C=C/CC/C=C/CCCCCCCCCCCCCCCCCCCCCCCCCC. The third-order valence-electron chi connectivity index (χ3n) is 17.5. The van der Waals surface area contributed by atoms with Gasteiger partial charge in [-0.3, -0.25) is 4.79 Å². The molecule has 86 heavy (non-hydrogen) atoms. The van der Waals surface area contributed by atoms with Crippen molar-refractivity contribution in [1.29, 1.82) is 0 Å². The standard InChI is InChI=1S/C77H141NO8/c1-3-5-7-9-11-13-15-17-19-21-23-25-27-29-31-33-35-36-37-39-41-43-45-47-49-51-53-55-57-59-61-63-65-67-73(81)78-70(69-85-77-76(84)75(83)74(82)72(68-79)86-77)71(80)66-64-62-60-58-56-54-52-50-48-46-44-42-40-38-34-32-30-28-26-24-22-20-18-16-14-12-10-8-6-4-2/h5,7,11,13,17,19,23,25,56,58,64,66,70-72,74-77,79-80,82-84H,3-4,6,8-10,12,14-16,18,20-22,24,26-55,57,59-63,65,67-69H2,1-2H3,(H,78,81)/b7-5-,13-11-,19-17-,25-23-,58-56+,66-64+. The van der Waals surface area contributed by atoms with E-state index in [-0.39, 0.29) is 12.5 Å². The Balaban J connectivity index is 2.11. The Hall–Kier alpha value is -2.37. The van der Waals surface area contributed by atoms with Crippen LogP contribution < -0.4 is 5.32 Å². The van der Waals surface area contributed by atoms with E-state index >= 15 is 0 Å². The molecule has 0 aliphatic carbocycles. The molecular formula is C77H141NO8. The molecule has 502 valence electrons. The maximum atomic E-state index is 13.1. The van der Waals surface area contributed by atoms with Gasteiger partial charge in [0.25, 0.3) is 0 Å². The fourth-order valence-electron chi connectivity index (χ4n) is 11.8. The van der Waals surface area contributed by atoms with Crippen molar-refractivity contribution in [3.8, 4) is 0 Å². The second kappa shape index (κ2) is 65.6. The minimum Gasteiger partial charge on any atom is -0.394 e. The first-order chi connectivity index (χ1) is 42.3. The summed E-state index contributed by atoms with van der Waals surface area (Å²) in [6.07, 6.45) is 86.0. The summed E-state index contributed by atoms with van der Waals surface area (Å²) < 4.78 is 11.3. The van der Waals surface area contributed by atoms with Gasteiger partial charge >= 0.3 is 0 Å². The Morgan fingerprint density at radius 1 is 0.407 bits per heavy atom. The molecule has 0 spiro atoms. The zero-order valence-corrected chi connectivity index (χ0v) is 56.3. The molecule has 1 fully saturated rings. The van der Waals surface area contributed by atoms with Gasteiger partial charge in [0, 0.05) is 6.42 Å². The van der Waals surface area contributed by atoms with Crippen molar-refractivity contribution in [2.45, 2.75) is 397 Å². The number of nitrogens with one attached hydrogen (secondary N) is 1. The smallest absolute Gasteiger partial charge is 0.220 e. The van der Waals surface area contributed by atoms with Crippen LogP contribution in [0.1, 0.15) is 354 Å². The van der Waals surface area contributed by atoms with E-state index in [4.69, 9.17) is 9.47 Å². The molecule has 0 aromatic heterocycles. The van der Waals surface area contributed by atoms with E-state index in [0.29, 0.717) is 6.42 Å². The maximum absolute atomic E-state index is 13.1. The highest BCUT2D eigenvalue weighted by Gasteiger charge is 2.44. The normalized spacial score (nSPS) is 18.4. The summed E-state index contributed by atoms with van der Waals surface area (Å²) in [5.74, 6) is -0.182. The Bertz CT molecular complexity index is 1590. The lowest BCUT2D eigenvalue weighted by Gasteiger charge is -2.40. The first-order valence-electron chi connectivity index (χ1n) is 37.2. The van der Waals surface area contributed by atoms with E-state index < -0.39 is 49.5 Å². The molecule has 7 unspecified atom stereocenters. The van der Waals surface area contributed by atoms with E-state index in [1.54, 1.807) is 6.08 Å². The lowest BCUT2D eigenvalue weighted by molar-refractivity contribution is -0.302. The number of carbonyl (C=O) groups is 1. The fourth-order valence-corrected chi connectivity index (χ4v) is 11.8. The number of rotatable bonds is 65. The number of unbranched alkanes of at least 4 members (excludes halogenated alkanes) is 45. The predicted octanol–water partition coefficient (Wildman–Crippen LogP) is 20.7. The maximum Gasteiger partial charge on any atom is 0.220 e. The summed E-state index contributed by atoms with van der Waals surface area (Å²) >= 11 is 0. The number of amides is 1. The highest BCUT2D eigenvalue weighted by Crippen LogP contribution is 2.23. The molecule has 6 N–H and O–H groups in total. The highest BCUT2D eigenvalue weighted by atomic mass is 16.7. The van der Waals surface area contributed by atoms with Crippen molar-refractivity contribution >= 4 is 5.91 Å². The molecule has 0 radical (unpaired) electrons. The van der Waals surface area contributed by atoms with Gasteiger partial charge in [0.15, 0.2) is 6.29 Å². The Morgan fingerprint density at radius 2 is 0.733 bits per heavy atom. The predicted molar refractivity (Wildman–Crippen MR) is 369 cm³/mol. The summed E-state index contributed by atoms with van der Waals surface area (Å²) in [6, 6.07) is -0.825. The minimum absolute atomic E-state index is 0.182. The zero-order valence-electron chi connectivity index (χ0n) is 56.3. The van der Waals surface area contributed by atoms with Gasteiger partial charge in [0.2, 0.25) is 5.91 Å². The average molecular weight is 1210 g/mol. The number of carbonyl (C=O) groups excluding carboxylic acids is 1. The molecule has 1 aliphatic heterocycles. The topological polar surface area (TPSA) is 149 Å². The van der Waals surface area contributed by atoms with Crippen LogP contribution in [-0.2, 0) is 14.3 Å². The van der Waals surface area contributed by atoms with Gasteiger partial charge in [-0.1, -0.05) is 350 Å². The number of aliphatic hydroxyl groups is 5. The van der Waals surface area contributed by atoms with Crippen LogP contribution in [0.5, 0.6) is 0 Å². The van der Waals surface area contributed by atoms with Crippen molar-refractivity contribution in [2.75, 3.05) is 13.2 Å². The van der Waals surface area contributed by atoms with Crippen LogP contribution >= 0.6 is 0 Å². The lowest BCUT2D eigenvalue weighted by Crippen LogP contribution is -2.60. The quantitative estimate of drug-likeness (QED) is 0.0261. The van der Waals surface area contributed by atoms with Crippen LogP contribution in [-0.4, -0.2) is 87.5 Å². The molecule has 1 aliphatic rings. The van der Waals surface area contributed by atoms with Crippen LogP contribution in [0.4, 0.5) is 0 Å². The number of hydrogen-bond donors (Lipinski definition) is 6. The average Bonchev–Trinajstić information content (AvgIpc) is 2.60. The summed E-state index contributed by atoms with van der Waals surface area (Å²) in [6.45, 7) is 3.70. The summed E-state index contributed by atoms with van der Waals surface area (Å²) in [5.41, 5.74) is 0. The molecule has 7 atom stereocenters. The molecule has 0 saturated carbocycles. The third-order valence-corrected chi connectivity index (χ3v) is 17.5.